The molecule has 3 rings (SSSR count). The predicted molar refractivity (Wildman–Crippen MR) is 87.7 cm³/mol. The van der Waals surface area contributed by atoms with Crippen molar-refractivity contribution in [1.82, 2.24) is 4.57 Å². The molecule has 1 aliphatic rings. The summed E-state index contributed by atoms with van der Waals surface area (Å²) in [5.41, 5.74) is 4.38. The van der Waals surface area contributed by atoms with Crippen LogP contribution in [0.4, 0.5) is 0 Å². The Kier molecular flexibility index (Phi) is 4.54. The molecular formula is C17H21NO2S. The van der Waals surface area contributed by atoms with Gasteiger partial charge in [0.2, 0.25) is 0 Å². The van der Waals surface area contributed by atoms with Crippen LogP contribution in [-0.4, -0.2) is 23.4 Å². The second-order valence-electron chi connectivity index (χ2n) is 5.43. The Morgan fingerprint density at radius 2 is 2.19 bits per heavy atom. The predicted octanol–water partition coefficient (Wildman–Crippen LogP) is 3.77. The quantitative estimate of drug-likeness (QED) is 0.622. The number of rotatable bonds is 5. The fraction of sp³-hybridized carbons (Fsp3) is 0.471. The number of benzene rings is 1. The average Bonchev–Trinajstić information content (AvgIpc) is 2.86. The van der Waals surface area contributed by atoms with Crippen LogP contribution in [-0.2, 0) is 28.2 Å². The molecule has 3 nitrogen and oxygen atoms in total. The number of nitrogens with zero attached hydrogens (tertiary/aromatic N) is 1. The minimum atomic E-state index is -0.106. The second-order valence-corrected chi connectivity index (χ2v) is 6.54. The molecule has 2 aromatic rings. The molecule has 0 radical (unpaired) electrons. The lowest BCUT2D eigenvalue weighted by molar-refractivity contribution is -0.140. The van der Waals surface area contributed by atoms with Gasteiger partial charge in [-0.2, -0.15) is 11.8 Å². The fourth-order valence-electron chi connectivity index (χ4n) is 3.11. The number of thioether (sulfide) groups is 1. The maximum absolute atomic E-state index is 11.2. The monoisotopic (exact) mass is 303 g/mol. The zero-order valence-corrected chi connectivity index (χ0v) is 13.2. The topological polar surface area (TPSA) is 31.2 Å². The van der Waals surface area contributed by atoms with E-state index in [0.29, 0.717) is 6.42 Å². The van der Waals surface area contributed by atoms with Crippen molar-refractivity contribution in [3.05, 3.63) is 35.5 Å². The van der Waals surface area contributed by atoms with Gasteiger partial charge in [-0.15, -0.1) is 0 Å². The fourth-order valence-corrected chi connectivity index (χ4v) is 4.12. The smallest absolute Gasteiger partial charge is 0.305 e. The Bertz CT molecular complexity index is 648. The summed E-state index contributed by atoms with van der Waals surface area (Å²) in [6, 6.07) is 8.71. The van der Waals surface area contributed by atoms with Gasteiger partial charge in [0.1, 0.15) is 0 Å². The third-order valence-electron chi connectivity index (χ3n) is 4.16. The number of aromatic nitrogens is 1. The Hall–Kier alpha value is -1.42. The molecule has 21 heavy (non-hydrogen) atoms. The highest BCUT2D eigenvalue weighted by Crippen LogP contribution is 2.34. The zero-order chi connectivity index (χ0) is 14.7. The molecule has 0 amide bonds. The highest BCUT2D eigenvalue weighted by Gasteiger charge is 2.19. The van der Waals surface area contributed by atoms with E-state index < -0.39 is 0 Å². The number of carbonyl (C=O) groups is 1. The van der Waals surface area contributed by atoms with Crippen LogP contribution in [0.5, 0.6) is 0 Å². The molecule has 0 saturated heterocycles. The number of ether oxygens (including phenoxy) is 1. The van der Waals surface area contributed by atoms with E-state index in [4.69, 9.17) is 4.74 Å². The summed E-state index contributed by atoms with van der Waals surface area (Å²) in [6.07, 6.45) is 3.59. The van der Waals surface area contributed by atoms with Gasteiger partial charge in [-0.3, -0.25) is 4.79 Å². The van der Waals surface area contributed by atoms with Crippen molar-refractivity contribution in [3.63, 3.8) is 0 Å². The lowest BCUT2D eigenvalue weighted by Gasteiger charge is -2.15. The summed E-state index contributed by atoms with van der Waals surface area (Å²) in [6.45, 7) is 0.998. The van der Waals surface area contributed by atoms with Gasteiger partial charge in [-0.05, 0) is 36.6 Å². The van der Waals surface area contributed by atoms with Gasteiger partial charge >= 0.3 is 5.97 Å². The van der Waals surface area contributed by atoms with Gasteiger partial charge < -0.3 is 9.30 Å². The summed E-state index contributed by atoms with van der Waals surface area (Å²) in [5, 5.41) is 1.41. The molecule has 2 heterocycles. The minimum Gasteiger partial charge on any atom is -0.469 e. The summed E-state index contributed by atoms with van der Waals surface area (Å²) in [4.78, 5) is 11.2. The first-order valence-corrected chi connectivity index (χ1v) is 8.70. The highest BCUT2D eigenvalue weighted by atomic mass is 32.2. The summed E-state index contributed by atoms with van der Waals surface area (Å²) in [5.74, 6) is 2.24. The van der Waals surface area contributed by atoms with E-state index in [1.54, 1.807) is 0 Å². The zero-order valence-electron chi connectivity index (χ0n) is 12.4. The minimum absolute atomic E-state index is 0.106. The van der Waals surface area contributed by atoms with Crippen molar-refractivity contribution in [2.75, 3.05) is 12.9 Å². The molecule has 112 valence electrons. The van der Waals surface area contributed by atoms with E-state index in [1.807, 2.05) is 11.8 Å². The maximum Gasteiger partial charge on any atom is 0.305 e. The van der Waals surface area contributed by atoms with Crippen LogP contribution in [0.15, 0.2) is 24.3 Å². The summed E-state index contributed by atoms with van der Waals surface area (Å²) in [7, 11) is 1.45. The van der Waals surface area contributed by atoms with Crippen molar-refractivity contribution in [2.45, 2.75) is 38.0 Å². The van der Waals surface area contributed by atoms with E-state index in [0.717, 1.165) is 31.6 Å². The molecular weight excluding hydrogens is 282 g/mol. The lowest BCUT2D eigenvalue weighted by atomic mass is 10.1. The third-order valence-corrected chi connectivity index (χ3v) is 5.15. The molecule has 4 heteroatoms. The van der Waals surface area contributed by atoms with Crippen molar-refractivity contribution >= 4 is 28.6 Å². The normalized spacial score (nSPS) is 14.1. The summed E-state index contributed by atoms with van der Waals surface area (Å²) >= 11 is 2.03. The largest absolute Gasteiger partial charge is 0.469 e. The molecule has 1 aromatic heterocycles. The molecule has 0 aliphatic carbocycles. The third kappa shape index (κ3) is 2.95. The molecule has 0 unspecified atom stereocenters. The molecule has 0 saturated carbocycles. The molecule has 0 N–H and O–H groups in total. The SMILES string of the molecule is COC(=O)CCCCn1c2c(c3ccccc31)CSCC2. The van der Waals surface area contributed by atoms with E-state index in [2.05, 4.69) is 28.8 Å². The number of aryl methyl sites for hydroxylation is 1. The van der Waals surface area contributed by atoms with Crippen molar-refractivity contribution in [2.24, 2.45) is 0 Å². The van der Waals surface area contributed by atoms with Crippen LogP contribution in [0.25, 0.3) is 10.9 Å². The number of carbonyl (C=O) groups excluding carboxylic acids is 1. The van der Waals surface area contributed by atoms with Crippen LogP contribution in [0.3, 0.4) is 0 Å². The Labute approximate surface area is 129 Å². The average molecular weight is 303 g/mol. The Morgan fingerprint density at radius 1 is 1.33 bits per heavy atom. The number of para-hydroxylation sites is 1. The Balaban J connectivity index is 1.79. The number of hydrogen-bond donors (Lipinski definition) is 0. The van der Waals surface area contributed by atoms with E-state index in [1.165, 1.54) is 35.0 Å². The highest BCUT2D eigenvalue weighted by molar-refractivity contribution is 7.98. The van der Waals surface area contributed by atoms with E-state index in [-0.39, 0.29) is 5.97 Å². The van der Waals surface area contributed by atoms with Crippen LogP contribution < -0.4 is 0 Å². The standard InChI is InChI=1S/C17H21NO2S/c1-20-17(19)8-4-5-10-18-15-7-3-2-6-13(15)14-12-21-11-9-16(14)18/h2-3,6-7H,4-5,8-12H2,1H3. The lowest BCUT2D eigenvalue weighted by Crippen LogP contribution is -2.09. The molecule has 0 spiro atoms. The number of hydrogen-bond acceptors (Lipinski definition) is 3. The number of esters is 1. The molecule has 1 aromatic carbocycles. The number of unbranched alkanes of at least 4 members (excludes halogenated alkanes) is 1. The second kappa shape index (κ2) is 6.56. The molecule has 0 fully saturated rings. The van der Waals surface area contributed by atoms with Gasteiger partial charge in [0.25, 0.3) is 0 Å². The van der Waals surface area contributed by atoms with Crippen LogP contribution in [0, 0.1) is 0 Å². The Morgan fingerprint density at radius 3 is 3.05 bits per heavy atom. The van der Waals surface area contributed by atoms with Crippen LogP contribution in [0.1, 0.15) is 30.5 Å². The number of fused-ring (bicyclic) bond motifs is 3. The van der Waals surface area contributed by atoms with Gasteiger partial charge in [-0.1, -0.05) is 18.2 Å². The van der Waals surface area contributed by atoms with Crippen molar-refractivity contribution in [3.8, 4) is 0 Å². The van der Waals surface area contributed by atoms with E-state index in [9.17, 15) is 4.79 Å². The van der Waals surface area contributed by atoms with Gasteiger partial charge in [0.05, 0.1) is 7.11 Å². The number of methoxy groups -OCH3 is 1. The first kappa shape index (κ1) is 14.5. The van der Waals surface area contributed by atoms with Crippen LogP contribution in [0.2, 0.25) is 0 Å². The maximum atomic E-state index is 11.2. The molecule has 1 aliphatic heterocycles. The first-order valence-electron chi connectivity index (χ1n) is 7.55. The van der Waals surface area contributed by atoms with Gasteiger partial charge in [-0.25, -0.2) is 0 Å². The van der Waals surface area contributed by atoms with E-state index >= 15 is 0 Å². The first-order chi connectivity index (χ1) is 10.3. The summed E-state index contributed by atoms with van der Waals surface area (Å²) < 4.78 is 7.17. The molecule has 0 bridgehead atoms. The molecule has 0 atom stereocenters. The van der Waals surface area contributed by atoms with Crippen molar-refractivity contribution < 1.29 is 9.53 Å². The van der Waals surface area contributed by atoms with Gasteiger partial charge in [0, 0.05) is 35.3 Å². The van der Waals surface area contributed by atoms with Crippen LogP contribution >= 0.6 is 11.8 Å². The van der Waals surface area contributed by atoms with Gasteiger partial charge in [0.15, 0.2) is 0 Å². The van der Waals surface area contributed by atoms with Crippen molar-refractivity contribution in [1.29, 1.82) is 0 Å².